The molecule has 0 radical (unpaired) electrons. The largest absolute Gasteiger partial charge is 0.493 e. The Morgan fingerprint density at radius 2 is 2.03 bits per heavy atom. The zero-order valence-corrected chi connectivity index (χ0v) is 17.0. The van der Waals surface area contributed by atoms with Gasteiger partial charge in [-0.05, 0) is 61.9 Å². The van der Waals surface area contributed by atoms with E-state index in [9.17, 15) is 4.79 Å². The summed E-state index contributed by atoms with van der Waals surface area (Å²) < 4.78 is 16.7. The number of benzene rings is 1. The standard InChI is InChI=1S/C23H28N2O4/c1-3-28-21-14-17(8-11-20(21)27-2)9-12-22(26)24-15-18-10-13-23(25-16-18)29-19-6-4-5-7-19/h8-14,16,19H,3-7,15H2,1-2H3,(H,24,26)/b12-9+. The van der Waals surface area contributed by atoms with E-state index in [0.717, 1.165) is 24.0 Å². The first-order valence-corrected chi connectivity index (χ1v) is 10.1. The number of hydrogen-bond acceptors (Lipinski definition) is 5. The fourth-order valence-electron chi connectivity index (χ4n) is 3.25. The van der Waals surface area contributed by atoms with E-state index >= 15 is 0 Å². The zero-order valence-electron chi connectivity index (χ0n) is 17.0. The van der Waals surface area contributed by atoms with Crippen molar-refractivity contribution >= 4 is 12.0 Å². The predicted molar refractivity (Wildman–Crippen MR) is 112 cm³/mol. The van der Waals surface area contributed by atoms with Crippen LogP contribution in [0.1, 0.15) is 43.7 Å². The minimum atomic E-state index is -0.176. The maximum atomic E-state index is 12.1. The van der Waals surface area contributed by atoms with Gasteiger partial charge in [-0.15, -0.1) is 0 Å². The van der Waals surface area contributed by atoms with Gasteiger partial charge in [0, 0.05) is 24.9 Å². The van der Waals surface area contributed by atoms with Gasteiger partial charge in [0.2, 0.25) is 11.8 Å². The van der Waals surface area contributed by atoms with E-state index in [1.807, 2.05) is 37.3 Å². The van der Waals surface area contributed by atoms with Crippen molar-refractivity contribution in [2.24, 2.45) is 0 Å². The average Bonchev–Trinajstić information content (AvgIpc) is 3.25. The van der Waals surface area contributed by atoms with Crippen molar-refractivity contribution in [2.45, 2.75) is 45.3 Å². The molecule has 1 aliphatic rings. The molecule has 2 aromatic rings. The molecule has 1 aromatic carbocycles. The second-order valence-electron chi connectivity index (χ2n) is 6.92. The van der Waals surface area contributed by atoms with Crippen LogP contribution in [0.15, 0.2) is 42.6 Å². The molecule has 1 saturated carbocycles. The lowest BCUT2D eigenvalue weighted by atomic mass is 10.2. The fraction of sp³-hybridized carbons (Fsp3) is 0.391. The Kier molecular flexibility index (Phi) is 7.50. The van der Waals surface area contributed by atoms with Gasteiger partial charge in [-0.1, -0.05) is 12.1 Å². The molecule has 6 nitrogen and oxygen atoms in total. The molecule has 1 aliphatic carbocycles. The second kappa shape index (κ2) is 10.5. The summed E-state index contributed by atoms with van der Waals surface area (Å²) in [4.78, 5) is 16.5. The Bertz CT molecular complexity index is 827. The molecule has 0 saturated heterocycles. The molecule has 0 bridgehead atoms. The number of nitrogens with one attached hydrogen (secondary N) is 1. The van der Waals surface area contributed by atoms with E-state index in [2.05, 4.69) is 10.3 Å². The van der Waals surface area contributed by atoms with Crippen LogP contribution in [0.4, 0.5) is 0 Å². The number of nitrogens with zero attached hydrogens (tertiary/aromatic N) is 1. The van der Waals surface area contributed by atoms with Crippen molar-refractivity contribution < 1.29 is 19.0 Å². The number of pyridine rings is 1. The lowest BCUT2D eigenvalue weighted by Gasteiger charge is -2.12. The molecule has 0 unspecified atom stereocenters. The van der Waals surface area contributed by atoms with Gasteiger partial charge in [-0.2, -0.15) is 0 Å². The van der Waals surface area contributed by atoms with Crippen LogP contribution in [0.25, 0.3) is 6.08 Å². The molecule has 1 N–H and O–H groups in total. The Hall–Kier alpha value is -3.02. The van der Waals surface area contributed by atoms with Crippen molar-refractivity contribution in [3.8, 4) is 17.4 Å². The van der Waals surface area contributed by atoms with E-state index in [1.165, 1.54) is 18.9 Å². The number of hydrogen-bond donors (Lipinski definition) is 1. The Morgan fingerprint density at radius 1 is 1.21 bits per heavy atom. The molecule has 1 heterocycles. The van der Waals surface area contributed by atoms with E-state index in [0.29, 0.717) is 36.6 Å². The second-order valence-corrected chi connectivity index (χ2v) is 6.92. The zero-order chi connectivity index (χ0) is 20.5. The maximum Gasteiger partial charge on any atom is 0.244 e. The van der Waals surface area contributed by atoms with Gasteiger partial charge < -0.3 is 19.5 Å². The van der Waals surface area contributed by atoms with Crippen LogP contribution in [-0.2, 0) is 11.3 Å². The summed E-state index contributed by atoms with van der Waals surface area (Å²) >= 11 is 0. The van der Waals surface area contributed by atoms with Gasteiger partial charge in [-0.3, -0.25) is 4.79 Å². The van der Waals surface area contributed by atoms with Crippen molar-refractivity contribution in [1.29, 1.82) is 0 Å². The van der Waals surface area contributed by atoms with Crippen LogP contribution in [-0.4, -0.2) is 30.7 Å². The third-order valence-electron chi connectivity index (χ3n) is 4.77. The smallest absolute Gasteiger partial charge is 0.244 e. The highest BCUT2D eigenvalue weighted by Crippen LogP contribution is 2.28. The molecule has 0 atom stereocenters. The molecule has 6 heteroatoms. The summed E-state index contributed by atoms with van der Waals surface area (Å²) in [5.41, 5.74) is 1.79. The number of ether oxygens (including phenoxy) is 3. The quantitative estimate of drug-likeness (QED) is 0.645. The highest BCUT2D eigenvalue weighted by atomic mass is 16.5. The third-order valence-corrected chi connectivity index (χ3v) is 4.77. The SMILES string of the molecule is CCOc1cc(/C=C/C(=O)NCc2ccc(OC3CCCC3)nc2)ccc1OC. The topological polar surface area (TPSA) is 69.7 Å². The van der Waals surface area contributed by atoms with E-state index in [1.54, 1.807) is 19.4 Å². The number of rotatable bonds is 9. The Morgan fingerprint density at radius 3 is 2.72 bits per heavy atom. The van der Waals surface area contributed by atoms with Crippen LogP contribution >= 0.6 is 0 Å². The van der Waals surface area contributed by atoms with Crippen LogP contribution in [0.5, 0.6) is 17.4 Å². The lowest BCUT2D eigenvalue weighted by Crippen LogP contribution is -2.20. The van der Waals surface area contributed by atoms with Crippen molar-refractivity contribution in [3.05, 3.63) is 53.7 Å². The lowest BCUT2D eigenvalue weighted by molar-refractivity contribution is -0.116. The van der Waals surface area contributed by atoms with Crippen molar-refractivity contribution in [2.75, 3.05) is 13.7 Å². The van der Waals surface area contributed by atoms with Gasteiger partial charge >= 0.3 is 0 Å². The summed E-state index contributed by atoms with van der Waals surface area (Å²) in [5.74, 6) is 1.80. The van der Waals surface area contributed by atoms with Gasteiger partial charge in [0.1, 0.15) is 6.10 Å². The number of carbonyl (C=O) groups is 1. The van der Waals surface area contributed by atoms with Crippen molar-refractivity contribution in [1.82, 2.24) is 10.3 Å². The first kappa shape index (κ1) is 20.7. The normalized spacial score (nSPS) is 14.1. The Labute approximate surface area is 171 Å². The van der Waals surface area contributed by atoms with Gasteiger partial charge in [0.05, 0.1) is 13.7 Å². The minimum absolute atomic E-state index is 0.176. The van der Waals surface area contributed by atoms with Gasteiger partial charge in [-0.25, -0.2) is 4.98 Å². The van der Waals surface area contributed by atoms with Crippen molar-refractivity contribution in [3.63, 3.8) is 0 Å². The molecule has 154 valence electrons. The monoisotopic (exact) mass is 396 g/mol. The first-order valence-electron chi connectivity index (χ1n) is 10.1. The van der Waals surface area contributed by atoms with E-state index in [-0.39, 0.29) is 5.91 Å². The summed E-state index contributed by atoms with van der Waals surface area (Å²) in [6.45, 7) is 2.87. The van der Waals surface area contributed by atoms with Gasteiger partial charge in [0.25, 0.3) is 0 Å². The molecule has 29 heavy (non-hydrogen) atoms. The highest BCUT2D eigenvalue weighted by Gasteiger charge is 2.16. The highest BCUT2D eigenvalue weighted by molar-refractivity contribution is 5.91. The fourth-order valence-corrected chi connectivity index (χ4v) is 3.25. The molecule has 0 aliphatic heterocycles. The average molecular weight is 396 g/mol. The van der Waals surface area contributed by atoms with E-state index < -0.39 is 0 Å². The molecule has 1 fully saturated rings. The summed E-state index contributed by atoms with van der Waals surface area (Å²) in [6.07, 6.45) is 9.94. The van der Waals surface area contributed by atoms with Crippen LogP contribution in [0, 0.1) is 0 Å². The summed E-state index contributed by atoms with van der Waals surface area (Å²) in [6, 6.07) is 9.34. The van der Waals surface area contributed by atoms with E-state index in [4.69, 9.17) is 14.2 Å². The molecule has 0 spiro atoms. The summed E-state index contributed by atoms with van der Waals surface area (Å²) in [7, 11) is 1.60. The van der Waals surface area contributed by atoms with Crippen LogP contribution < -0.4 is 19.5 Å². The third kappa shape index (κ3) is 6.24. The molecular formula is C23H28N2O4. The predicted octanol–water partition coefficient (Wildman–Crippen LogP) is 4.14. The minimum Gasteiger partial charge on any atom is -0.493 e. The number of amides is 1. The number of carbonyl (C=O) groups excluding carboxylic acids is 1. The molecule has 1 amide bonds. The van der Waals surface area contributed by atoms with Gasteiger partial charge in [0.15, 0.2) is 11.5 Å². The number of methoxy groups -OCH3 is 1. The molecular weight excluding hydrogens is 368 g/mol. The summed E-state index contributed by atoms with van der Waals surface area (Å²) in [5, 5.41) is 2.86. The Balaban J connectivity index is 1.49. The first-order chi connectivity index (χ1) is 14.2. The van der Waals surface area contributed by atoms with Crippen LogP contribution in [0.3, 0.4) is 0 Å². The number of aromatic nitrogens is 1. The molecule has 1 aromatic heterocycles. The van der Waals surface area contributed by atoms with Crippen LogP contribution in [0.2, 0.25) is 0 Å². The molecule has 3 rings (SSSR count). The maximum absolute atomic E-state index is 12.1.